The Balaban J connectivity index is 2.60. The molecule has 0 saturated carbocycles. The van der Waals surface area contributed by atoms with Crippen LogP contribution in [-0.4, -0.2) is 11.9 Å². The van der Waals surface area contributed by atoms with Crippen molar-refractivity contribution >= 4 is 5.91 Å². The third-order valence-corrected chi connectivity index (χ3v) is 2.64. The van der Waals surface area contributed by atoms with Crippen molar-refractivity contribution in [3.63, 3.8) is 0 Å². The first-order valence-corrected chi connectivity index (χ1v) is 5.86. The van der Waals surface area contributed by atoms with Gasteiger partial charge in [0.05, 0.1) is 12.1 Å². The van der Waals surface area contributed by atoms with Crippen LogP contribution in [0.15, 0.2) is 24.3 Å². The number of amides is 1. The van der Waals surface area contributed by atoms with Crippen LogP contribution in [0.1, 0.15) is 38.3 Å². The number of nitrogens with two attached hydrogens (primary N) is 1. The summed E-state index contributed by atoms with van der Waals surface area (Å²) in [4.78, 5) is 11.7. The molecule has 3 nitrogen and oxygen atoms in total. The van der Waals surface area contributed by atoms with Crippen LogP contribution in [0, 0.1) is 5.82 Å². The Bertz CT molecular complexity index is 381. The fraction of sp³-hybridized carbons (Fsp3) is 0.462. The molecule has 0 aliphatic carbocycles. The number of hydrogen-bond donors (Lipinski definition) is 2. The molecule has 1 rings (SSSR count). The van der Waals surface area contributed by atoms with Gasteiger partial charge in [-0.3, -0.25) is 4.79 Å². The average molecular weight is 238 g/mol. The second-order valence-corrected chi connectivity index (χ2v) is 4.18. The van der Waals surface area contributed by atoms with Crippen molar-refractivity contribution in [3.05, 3.63) is 35.6 Å². The first kappa shape index (κ1) is 13.6. The first-order chi connectivity index (χ1) is 8.04. The molecular weight excluding hydrogens is 219 g/mol. The molecule has 1 aromatic carbocycles. The molecule has 0 heterocycles. The Labute approximate surface area is 101 Å². The van der Waals surface area contributed by atoms with Crippen molar-refractivity contribution in [1.29, 1.82) is 0 Å². The molecule has 0 radical (unpaired) electrons. The minimum absolute atomic E-state index is 0.191. The molecule has 17 heavy (non-hydrogen) atoms. The van der Waals surface area contributed by atoms with Crippen LogP contribution in [-0.2, 0) is 4.79 Å². The summed E-state index contributed by atoms with van der Waals surface area (Å²) in [5, 5.41) is 2.78. The summed E-state index contributed by atoms with van der Waals surface area (Å²) in [7, 11) is 0. The summed E-state index contributed by atoms with van der Waals surface area (Å²) in [5.74, 6) is -0.495. The second-order valence-electron chi connectivity index (χ2n) is 4.18. The third kappa shape index (κ3) is 4.15. The molecular formula is C13H19FN2O. The third-order valence-electron chi connectivity index (χ3n) is 2.64. The zero-order chi connectivity index (χ0) is 12.8. The highest BCUT2D eigenvalue weighted by Crippen LogP contribution is 2.13. The minimum Gasteiger partial charge on any atom is -0.348 e. The van der Waals surface area contributed by atoms with Crippen molar-refractivity contribution in [2.75, 3.05) is 0 Å². The van der Waals surface area contributed by atoms with E-state index in [0.717, 1.165) is 12.0 Å². The van der Waals surface area contributed by atoms with E-state index in [1.54, 1.807) is 12.1 Å². The van der Waals surface area contributed by atoms with Crippen molar-refractivity contribution < 1.29 is 9.18 Å². The van der Waals surface area contributed by atoms with Crippen LogP contribution < -0.4 is 11.1 Å². The van der Waals surface area contributed by atoms with Crippen molar-refractivity contribution in [1.82, 2.24) is 5.32 Å². The zero-order valence-electron chi connectivity index (χ0n) is 10.2. The molecule has 94 valence electrons. The quantitative estimate of drug-likeness (QED) is 0.825. The lowest BCUT2D eigenvalue weighted by atomic mass is 10.1. The number of carbonyl (C=O) groups is 1. The fourth-order valence-electron chi connectivity index (χ4n) is 1.62. The monoisotopic (exact) mass is 238 g/mol. The molecule has 1 aromatic rings. The standard InChI is InChI=1S/C13H19FN2O/c1-3-5-12(15)13(17)16-9(2)10-6-4-7-11(14)8-10/h4,6-9,12H,3,5,15H2,1-2H3,(H,16,17)/t9?,12-/m0/s1. The summed E-state index contributed by atoms with van der Waals surface area (Å²) in [6, 6.07) is 5.47. The number of nitrogens with one attached hydrogen (secondary N) is 1. The molecule has 0 saturated heterocycles. The fourth-order valence-corrected chi connectivity index (χ4v) is 1.62. The molecule has 0 aliphatic heterocycles. The number of carbonyl (C=O) groups excluding carboxylic acids is 1. The summed E-state index contributed by atoms with van der Waals surface area (Å²) < 4.78 is 13.0. The molecule has 3 N–H and O–H groups in total. The van der Waals surface area contributed by atoms with Gasteiger partial charge in [0.2, 0.25) is 5.91 Å². The van der Waals surface area contributed by atoms with Crippen molar-refractivity contribution in [2.24, 2.45) is 5.73 Å². The van der Waals surface area contributed by atoms with Crippen LogP contribution in [0.5, 0.6) is 0 Å². The molecule has 0 fully saturated rings. The predicted octanol–water partition coefficient (Wildman–Crippen LogP) is 2.13. The largest absolute Gasteiger partial charge is 0.348 e. The molecule has 0 aliphatic rings. The van der Waals surface area contributed by atoms with Gasteiger partial charge in [-0.2, -0.15) is 0 Å². The summed E-state index contributed by atoms with van der Waals surface area (Å²) in [5.41, 5.74) is 6.44. The van der Waals surface area contributed by atoms with E-state index in [0.29, 0.717) is 6.42 Å². The number of benzene rings is 1. The molecule has 1 unspecified atom stereocenters. The predicted molar refractivity (Wildman–Crippen MR) is 65.8 cm³/mol. The van der Waals surface area contributed by atoms with E-state index in [2.05, 4.69) is 5.32 Å². The number of hydrogen-bond acceptors (Lipinski definition) is 2. The molecule has 0 bridgehead atoms. The first-order valence-electron chi connectivity index (χ1n) is 5.86. The second kappa shape index (κ2) is 6.35. The van der Waals surface area contributed by atoms with Gasteiger partial charge in [-0.1, -0.05) is 25.5 Å². The van der Waals surface area contributed by atoms with Gasteiger partial charge in [-0.05, 0) is 31.0 Å². The Hall–Kier alpha value is -1.42. The lowest BCUT2D eigenvalue weighted by Gasteiger charge is -2.17. The van der Waals surface area contributed by atoms with Crippen LogP contribution >= 0.6 is 0 Å². The molecule has 4 heteroatoms. The smallest absolute Gasteiger partial charge is 0.237 e. The lowest BCUT2D eigenvalue weighted by molar-refractivity contribution is -0.123. The van der Waals surface area contributed by atoms with Gasteiger partial charge in [0.15, 0.2) is 0 Å². The topological polar surface area (TPSA) is 55.1 Å². The molecule has 0 aromatic heterocycles. The Morgan fingerprint density at radius 1 is 1.53 bits per heavy atom. The van der Waals surface area contributed by atoms with E-state index < -0.39 is 6.04 Å². The van der Waals surface area contributed by atoms with Crippen LogP contribution in [0.25, 0.3) is 0 Å². The van der Waals surface area contributed by atoms with Crippen molar-refractivity contribution in [3.8, 4) is 0 Å². The Morgan fingerprint density at radius 2 is 2.24 bits per heavy atom. The SMILES string of the molecule is CCC[C@H](N)C(=O)NC(C)c1cccc(F)c1. The molecule has 2 atom stereocenters. The maximum absolute atomic E-state index is 13.0. The van der Waals surface area contributed by atoms with Gasteiger partial charge in [-0.15, -0.1) is 0 Å². The summed E-state index contributed by atoms with van der Waals surface area (Å²) >= 11 is 0. The normalized spacial score (nSPS) is 14.1. The van der Waals surface area contributed by atoms with Crippen LogP contribution in [0.2, 0.25) is 0 Å². The summed E-state index contributed by atoms with van der Waals surface area (Å²) in [6.07, 6.45) is 1.52. The van der Waals surface area contributed by atoms with Gasteiger partial charge in [0.25, 0.3) is 0 Å². The highest BCUT2D eigenvalue weighted by molar-refractivity contribution is 5.81. The van der Waals surface area contributed by atoms with Gasteiger partial charge in [0.1, 0.15) is 5.82 Å². The van der Waals surface area contributed by atoms with E-state index in [-0.39, 0.29) is 17.8 Å². The number of halogens is 1. The zero-order valence-corrected chi connectivity index (χ0v) is 10.2. The maximum Gasteiger partial charge on any atom is 0.237 e. The van der Waals surface area contributed by atoms with Crippen LogP contribution in [0.3, 0.4) is 0 Å². The molecule has 0 spiro atoms. The Morgan fingerprint density at radius 3 is 2.82 bits per heavy atom. The lowest BCUT2D eigenvalue weighted by Crippen LogP contribution is -2.41. The summed E-state index contributed by atoms with van der Waals surface area (Å²) in [6.45, 7) is 3.79. The maximum atomic E-state index is 13.0. The average Bonchev–Trinajstić information content (AvgIpc) is 2.29. The van der Waals surface area contributed by atoms with E-state index >= 15 is 0 Å². The van der Waals surface area contributed by atoms with E-state index in [1.165, 1.54) is 12.1 Å². The van der Waals surface area contributed by atoms with E-state index in [4.69, 9.17) is 5.73 Å². The van der Waals surface area contributed by atoms with Gasteiger partial charge >= 0.3 is 0 Å². The van der Waals surface area contributed by atoms with Gasteiger partial charge < -0.3 is 11.1 Å². The van der Waals surface area contributed by atoms with Gasteiger partial charge in [0, 0.05) is 0 Å². The molecule has 1 amide bonds. The van der Waals surface area contributed by atoms with E-state index in [1.807, 2.05) is 13.8 Å². The highest BCUT2D eigenvalue weighted by atomic mass is 19.1. The van der Waals surface area contributed by atoms with Gasteiger partial charge in [-0.25, -0.2) is 4.39 Å². The minimum atomic E-state index is -0.490. The van der Waals surface area contributed by atoms with Crippen LogP contribution in [0.4, 0.5) is 4.39 Å². The Kier molecular flexibility index (Phi) is 5.10. The number of rotatable bonds is 5. The highest BCUT2D eigenvalue weighted by Gasteiger charge is 2.15. The van der Waals surface area contributed by atoms with Crippen molar-refractivity contribution in [2.45, 2.75) is 38.8 Å². The van der Waals surface area contributed by atoms with E-state index in [9.17, 15) is 9.18 Å².